The van der Waals surface area contributed by atoms with Crippen LogP contribution in [0.4, 0.5) is 0 Å². The van der Waals surface area contributed by atoms with Crippen molar-refractivity contribution in [2.45, 2.75) is 37.6 Å². The first-order valence-electron chi connectivity index (χ1n) is 7.78. The molecule has 2 unspecified atom stereocenters. The number of rotatable bonds is 3. The van der Waals surface area contributed by atoms with Crippen LogP contribution in [0.3, 0.4) is 0 Å². The number of likely N-dealkylation sites (N-methyl/N-ethyl adjacent to an activating group) is 1. The van der Waals surface area contributed by atoms with E-state index in [0.717, 1.165) is 25.9 Å². The molecule has 1 aromatic carbocycles. The number of carbonyl (C=O) groups is 1. The van der Waals surface area contributed by atoms with Crippen LogP contribution in [0.2, 0.25) is 0 Å². The number of hydrogen-bond donors (Lipinski definition) is 1. The maximum absolute atomic E-state index is 12.6. The summed E-state index contributed by atoms with van der Waals surface area (Å²) in [7, 11) is 2.11. The maximum atomic E-state index is 12.6. The van der Waals surface area contributed by atoms with E-state index in [1.165, 1.54) is 18.4 Å². The highest BCUT2D eigenvalue weighted by atomic mass is 16.2. The molecule has 1 aliphatic carbocycles. The molecule has 2 atom stereocenters. The first-order chi connectivity index (χ1) is 9.74. The van der Waals surface area contributed by atoms with Crippen LogP contribution in [0, 0.1) is 5.92 Å². The number of amides is 1. The van der Waals surface area contributed by atoms with Crippen molar-refractivity contribution in [2.24, 2.45) is 5.92 Å². The Labute approximate surface area is 121 Å². The smallest absolute Gasteiger partial charge is 0.225 e. The lowest BCUT2D eigenvalue weighted by Crippen LogP contribution is -2.39. The molecule has 1 aliphatic heterocycles. The summed E-state index contributed by atoms with van der Waals surface area (Å²) in [6, 6.07) is 10.9. The highest BCUT2D eigenvalue weighted by Crippen LogP contribution is 2.32. The fraction of sp³-hybridized carbons (Fsp3) is 0.588. The van der Waals surface area contributed by atoms with Crippen LogP contribution < -0.4 is 5.32 Å². The third kappa shape index (κ3) is 2.88. The zero-order chi connectivity index (χ0) is 13.9. The Balaban J connectivity index is 1.71. The van der Waals surface area contributed by atoms with Gasteiger partial charge in [0, 0.05) is 25.0 Å². The normalized spacial score (nSPS) is 27.9. The number of nitrogens with zero attached hydrogens (tertiary/aromatic N) is 1. The Morgan fingerprint density at radius 3 is 2.55 bits per heavy atom. The molecule has 0 spiro atoms. The molecule has 108 valence electrons. The SMILES string of the molecule is CN1CC(C(=O)NC2CCCC2)C(c2ccccc2)C1. The van der Waals surface area contributed by atoms with Crippen molar-refractivity contribution >= 4 is 5.91 Å². The number of hydrogen-bond acceptors (Lipinski definition) is 2. The minimum atomic E-state index is 0.100. The Bertz CT molecular complexity index is 453. The van der Waals surface area contributed by atoms with E-state index < -0.39 is 0 Å². The monoisotopic (exact) mass is 272 g/mol. The zero-order valence-corrected chi connectivity index (χ0v) is 12.2. The van der Waals surface area contributed by atoms with Crippen LogP contribution in [0.5, 0.6) is 0 Å². The molecule has 3 nitrogen and oxygen atoms in total. The second-order valence-corrected chi connectivity index (χ2v) is 6.33. The molecule has 0 bridgehead atoms. The standard InChI is InChI=1S/C17H24N2O/c1-19-11-15(13-7-3-2-4-8-13)16(12-19)17(20)18-14-9-5-6-10-14/h2-4,7-8,14-16H,5-6,9-12H2,1H3,(H,18,20). The summed E-state index contributed by atoms with van der Waals surface area (Å²) in [5, 5.41) is 3.28. The molecule has 1 heterocycles. The lowest BCUT2D eigenvalue weighted by atomic mass is 9.88. The summed E-state index contributed by atoms with van der Waals surface area (Å²) in [5.41, 5.74) is 1.29. The van der Waals surface area contributed by atoms with Crippen LogP contribution in [0.15, 0.2) is 30.3 Å². The largest absolute Gasteiger partial charge is 0.353 e. The average Bonchev–Trinajstić information content (AvgIpc) is 3.09. The Morgan fingerprint density at radius 2 is 1.85 bits per heavy atom. The quantitative estimate of drug-likeness (QED) is 0.916. The molecule has 2 fully saturated rings. The van der Waals surface area contributed by atoms with Gasteiger partial charge >= 0.3 is 0 Å². The molecule has 0 aromatic heterocycles. The van der Waals surface area contributed by atoms with Gasteiger partial charge in [0.2, 0.25) is 5.91 Å². The fourth-order valence-electron chi connectivity index (χ4n) is 3.68. The van der Waals surface area contributed by atoms with Gasteiger partial charge in [-0.2, -0.15) is 0 Å². The minimum absolute atomic E-state index is 0.100. The average molecular weight is 272 g/mol. The van der Waals surface area contributed by atoms with E-state index in [0.29, 0.717) is 12.0 Å². The highest BCUT2D eigenvalue weighted by molar-refractivity contribution is 5.80. The molecule has 3 heteroatoms. The first-order valence-corrected chi connectivity index (χ1v) is 7.78. The van der Waals surface area contributed by atoms with Crippen LogP contribution >= 0.6 is 0 Å². The molecule has 20 heavy (non-hydrogen) atoms. The zero-order valence-electron chi connectivity index (χ0n) is 12.2. The van der Waals surface area contributed by atoms with Crippen molar-refractivity contribution in [3.05, 3.63) is 35.9 Å². The van der Waals surface area contributed by atoms with Crippen molar-refractivity contribution in [1.82, 2.24) is 10.2 Å². The molecule has 1 N–H and O–H groups in total. The van der Waals surface area contributed by atoms with Gasteiger partial charge in [0.25, 0.3) is 0 Å². The molecule has 1 aromatic rings. The lowest BCUT2D eigenvalue weighted by molar-refractivity contribution is -0.125. The van der Waals surface area contributed by atoms with Gasteiger partial charge in [-0.05, 0) is 25.5 Å². The van der Waals surface area contributed by atoms with E-state index in [1.54, 1.807) is 0 Å². The van der Waals surface area contributed by atoms with Crippen molar-refractivity contribution in [2.75, 3.05) is 20.1 Å². The molecular weight excluding hydrogens is 248 g/mol. The number of likely N-dealkylation sites (tertiary alicyclic amines) is 1. The third-order valence-electron chi connectivity index (χ3n) is 4.77. The van der Waals surface area contributed by atoms with Gasteiger partial charge in [-0.25, -0.2) is 0 Å². The van der Waals surface area contributed by atoms with E-state index >= 15 is 0 Å². The second kappa shape index (κ2) is 5.96. The Kier molecular flexibility index (Phi) is 4.06. The van der Waals surface area contributed by atoms with E-state index in [9.17, 15) is 4.79 Å². The minimum Gasteiger partial charge on any atom is -0.353 e. The van der Waals surface area contributed by atoms with Crippen LogP contribution in [0.1, 0.15) is 37.2 Å². The maximum Gasteiger partial charge on any atom is 0.225 e. The van der Waals surface area contributed by atoms with Crippen molar-refractivity contribution in [3.63, 3.8) is 0 Å². The summed E-state index contributed by atoms with van der Waals surface area (Å²) >= 11 is 0. The highest BCUT2D eigenvalue weighted by Gasteiger charge is 2.37. The van der Waals surface area contributed by atoms with Gasteiger partial charge in [-0.1, -0.05) is 43.2 Å². The van der Waals surface area contributed by atoms with E-state index in [2.05, 4.69) is 41.5 Å². The van der Waals surface area contributed by atoms with E-state index in [-0.39, 0.29) is 11.8 Å². The van der Waals surface area contributed by atoms with Gasteiger partial charge in [-0.15, -0.1) is 0 Å². The lowest BCUT2D eigenvalue weighted by Gasteiger charge is -2.21. The summed E-state index contributed by atoms with van der Waals surface area (Å²) in [6.07, 6.45) is 4.84. The summed E-state index contributed by atoms with van der Waals surface area (Å²) in [6.45, 7) is 1.85. The Hall–Kier alpha value is -1.35. The van der Waals surface area contributed by atoms with Crippen molar-refractivity contribution in [1.29, 1.82) is 0 Å². The molecule has 1 amide bonds. The van der Waals surface area contributed by atoms with Gasteiger partial charge in [0.15, 0.2) is 0 Å². The van der Waals surface area contributed by atoms with Gasteiger partial charge < -0.3 is 10.2 Å². The topological polar surface area (TPSA) is 32.3 Å². The Morgan fingerprint density at radius 1 is 1.15 bits per heavy atom. The first kappa shape index (κ1) is 13.6. The van der Waals surface area contributed by atoms with Crippen molar-refractivity contribution in [3.8, 4) is 0 Å². The second-order valence-electron chi connectivity index (χ2n) is 6.33. The van der Waals surface area contributed by atoms with Gasteiger partial charge in [0.1, 0.15) is 0 Å². The van der Waals surface area contributed by atoms with Crippen LogP contribution in [-0.2, 0) is 4.79 Å². The van der Waals surface area contributed by atoms with Crippen LogP contribution in [0.25, 0.3) is 0 Å². The van der Waals surface area contributed by atoms with Crippen molar-refractivity contribution < 1.29 is 4.79 Å². The summed E-state index contributed by atoms with van der Waals surface area (Å²) in [5.74, 6) is 0.695. The van der Waals surface area contributed by atoms with Gasteiger partial charge in [0.05, 0.1) is 5.92 Å². The summed E-state index contributed by atoms with van der Waals surface area (Å²) < 4.78 is 0. The fourth-order valence-corrected chi connectivity index (χ4v) is 3.68. The van der Waals surface area contributed by atoms with Crippen LogP contribution in [-0.4, -0.2) is 37.0 Å². The molecule has 1 saturated carbocycles. The molecule has 0 radical (unpaired) electrons. The molecule has 3 rings (SSSR count). The molecular formula is C17H24N2O. The predicted octanol–water partition coefficient (Wildman–Crippen LogP) is 2.39. The number of carbonyl (C=O) groups excluding carboxylic acids is 1. The predicted molar refractivity (Wildman–Crippen MR) is 80.6 cm³/mol. The summed E-state index contributed by atoms with van der Waals surface area (Å²) in [4.78, 5) is 14.9. The third-order valence-corrected chi connectivity index (χ3v) is 4.77. The number of benzene rings is 1. The number of nitrogens with one attached hydrogen (secondary N) is 1. The van der Waals surface area contributed by atoms with E-state index in [1.807, 2.05) is 6.07 Å². The van der Waals surface area contributed by atoms with E-state index in [4.69, 9.17) is 0 Å². The molecule has 2 aliphatic rings. The van der Waals surface area contributed by atoms with Gasteiger partial charge in [-0.3, -0.25) is 4.79 Å². The molecule has 1 saturated heterocycles.